The molecule has 1 unspecified atom stereocenters. The molecule has 0 saturated carbocycles. The summed E-state index contributed by atoms with van der Waals surface area (Å²) in [7, 11) is 0. The first-order valence-corrected chi connectivity index (χ1v) is 16.2. The van der Waals surface area contributed by atoms with Crippen LogP contribution in [-0.4, -0.2) is 18.2 Å². The van der Waals surface area contributed by atoms with Crippen molar-refractivity contribution in [1.82, 2.24) is 5.32 Å². The average Bonchev–Trinajstić information content (AvgIpc) is 3.73. The Bertz CT molecular complexity index is 2660. The zero-order valence-electron chi connectivity index (χ0n) is 25.8. The van der Waals surface area contributed by atoms with E-state index in [1.54, 1.807) is 0 Å². The van der Waals surface area contributed by atoms with Gasteiger partial charge in [0.2, 0.25) is 5.88 Å². The van der Waals surface area contributed by atoms with Crippen LogP contribution in [0.4, 0.5) is 5.88 Å². The van der Waals surface area contributed by atoms with Crippen molar-refractivity contribution in [2.24, 2.45) is 9.98 Å². The maximum Gasteiger partial charge on any atom is 0.202 e. The van der Waals surface area contributed by atoms with Crippen LogP contribution in [-0.2, 0) is 0 Å². The van der Waals surface area contributed by atoms with Crippen LogP contribution in [0, 0.1) is 0 Å². The summed E-state index contributed by atoms with van der Waals surface area (Å²) in [5, 5.41) is 12.6. The fourth-order valence-corrected chi connectivity index (χ4v) is 7.18. The van der Waals surface area contributed by atoms with Crippen LogP contribution in [0.25, 0.3) is 49.3 Å². The number of hydrogen-bond donors (Lipinski definition) is 2. The third kappa shape index (κ3) is 4.19. The van der Waals surface area contributed by atoms with Crippen molar-refractivity contribution in [3.63, 3.8) is 0 Å². The largest absolute Gasteiger partial charge is 0.456 e. The number of nitrogens with one attached hydrogen (secondary N) is 2. The van der Waals surface area contributed by atoms with Crippen molar-refractivity contribution in [2.45, 2.75) is 6.17 Å². The molecule has 0 saturated heterocycles. The highest BCUT2D eigenvalue weighted by molar-refractivity contribution is 6.22. The van der Waals surface area contributed by atoms with Gasteiger partial charge in [0.15, 0.2) is 5.84 Å². The van der Waals surface area contributed by atoms with E-state index in [2.05, 4.69) is 89.5 Å². The van der Waals surface area contributed by atoms with Crippen molar-refractivity contribution >= 4 is 66.8 Å². The van der Waals surface area contributed by atoms with Gasteiger partial charge in [0.05, 0.1) is 5.56 Å². The number of nitrogens with zero attached hydrogens (tertiary/aromatic N) is 2. The Labute approximate surface area is 275 Å². The molecule has 6 aromatic carbocycles. The number of aliphatic imine (C=N–C) groups is 2. The molecule has 0 amide bonds. The maximum atomic E-state index is 6.22. The van der Waals surface area contributed by atoms with Crippen molar-refractivity contribution < 1.29 is 8.83 Å². The highest BCUT2D eigenvalue weighted by Gasteiger charge is 2.25. The molecule has 2 aromatic heterocycles. The first kappa shape index (κ1) is 26.8. The normalized spacial score (nSPS) is 15.9. The van der Waals surface area contributed by atoms with Gasteiger partial charge in [-0.25, -0.2) is 9.98 Å². The lowest BCUT2D eigenvalue weighted by Crippen LogP contribution is -2.33. The molecular weight excluding hydrogens is 592 g/mol. The predicted molar refractivity (Wildman–Crippen MR) is 195 cm³/mol. The van der Waals surface area contributed by atoms with Crippen molar-refractivity contribution in [2.75, 3.05) is 11.9 Å². The Balaban J connectivity index is 1.11. The molecule has 0 bridgehead atoms. The van der Waals surface area contributed by atoms with Crippen LogP contribution in [0.3, 0.4) is 0 Å². The highest BCUT2D eigenvalue weighted by atomic mass is 16.4. The summed E-state index contributed by atoms with van der Waals surface area (Å²) in [4.78, 5) is 10.4. The Morgan fingerprint density at radius 1 is 0.625 bits per heavy atom. The van der Waals surface area contributed by atoms with Gasteiger partial charge in [-0.05, 0) is 51.7 Å². The van der Waals surface area contributed by atoms with Gasteiger partial charge in [0, 0.05) is 33.8 Å². The first-order chi connectivity index (χ1) is 23.8. The molecular formula is C42H28N4O2. The Morgan fingerprint density at radius 3 is 2.27 bits per heavy atom. The van der Waals surface area contributed by atoms with Gasteiger partial charge in [-0.3, -0.25) is 0 Å². The molecule has 0 aliphatic carbocycles. The number of furan rings is 2. The zero-order valence-corrected chi connectivity index (χ0v) is 25.8. The molecule has 1 atom stereocenters. The van der Waals surface area contributed by atoms with Crippen molar-refractivity contribution in [3.8, 4) is 0 Å². The van der Waals surface area contributed by atoms with Gasteiger partial charge in [-0.2, -0.15) is 0 Å². The molecule has 48 heavy (non-hydrogen) atoms. The lowest BCUT2D eigenvalue weighted by atomic mass is 9.90. The minimum Gasteiger partial charge on any atom is -0.456 e. The Morgan fingerprint density at radius 2 is 1.38 bits per heavy atom. The number of hydrogen-bond acceptors (Lipinski definition) is 6. The molecule has 0 fully saturated rings. The second-order valence-corrected chi connectivity index (χ2v) is 12.2. The second kappa shape index (κ2) is 10.6. The monoisotopic (exact) mass is 620 g/mol. The van der Waals surface area contributed by atoms with Crippen LogP contribution in [0.5, 0.6) is 0 Å². The summed E-state index contributed by atoms with van der Waals surface area (Å²) in [6.45, 7) is 0.707. The SMILES string of the molecule is C1=C(c2cccc3cc(C4=NC(c5cccc6oc7ccccc7c56)=NC(c5ccccc5)N4)ccc23)c2c(oc3ccccc23)NC1. The smallest absolute Gasteiger partial charge is 0.202 e. The van der Waals surface area contributed by atoms with E-state index in [1.807, 2.05) is 60.7 Å². The van der Waals surface area contributed by atoms with E-state index in [9.17, 15) is 0 Å². The van der Waals surface area contributed by atoms with E-state index in [4.69, 9.17) is 18.8 Å². The van der Waals surface area contributed by atoms with Crippen LogP contribution >= 0.6 is 0 Å². The van der Waals surface area contributed by atoms with Crippen LogP contribution in [0.15, 0.2) is 158 Å². The number of para-hydroxylation sites is 2. The minimum absolute atomic E-state index is 0.308. The number of benzene rings is 6. The average molecular weight is 621 g/mol. The molecule has 8 aromatic rings. The molecule has 6 nitrogen and oxygen atoms in total. The summed E-state index contributed by atoms with van der Waals surface area (Å²) in [5.74, 6) is 2.26. The number of fused-ring (bicyclic) bond motifs is 7. The second-order valence-electron chi connectivity index (χ2n) is 12.2. The topological polar surface area (TPSA) is 75.1 Å². The quantitative estimate of drug-likeness (QED) is 0.205. The van der Waals surface area contributed by atoms with Gasteiger partial charge < -0.3 is 19.5 Å². The Hall–Kier alpha value is -6.40. The molecule has 0 spiro atoms. The predicted octanol–water partition coefficient (Wildman–Crippen LogP) is 9.84. The molecule has 4 heterocycles. The number of rotatable bonds is 4. The van der Waals surface area contributed by atoms with E-state index in [1.165, 1.54) is 16.5 Å². The Kier molecular flexibility index (Phi) is 5.90. The van der Waals surface area contributed by atoms with E-state index in [0.717, 1.165) is 72.3 Å². The summed E-state index contributed by atoms with van der Waals surface area (Å²) < 4.78 is 12.4. The van der Waals surface area contributed by atoms with Gasteiger partial charge in [-0.1, -0.05) is 115 Å². The zero-order chi connectivity index (χ0) is 31.6. The molecule has 2 aliphatic heterocycles. The van der Waals surface area contributed by atoms with Gasteiger partial charge in [0.25, 0.3) is 0 Å². The fourth-order valence-electron chi connectivity index (χ4n) is 7.18. The van der Waals surface area contributed by atoms with E-state index in [-0.39, 0.29) is 6.17 Å². The summed E-state index contributed by atoms with van der Waals surface area (Å²) in [6.07, 6.45) is 1.95. The minimum atomic E-state index is -0.308. The molecule has 2 N–H and O–H groups in total. The van der Waals surface area contributed by atoms with E-state index < -0.39 is 0 Å². The van der Waals surface area contributed by atoms with Crippen molar-refractivity contribution in [3.05, 3.63) is 167 Å². The molecule has 0 radical (unpaired) electrons. The summed E-state index contributed by atoms with van der Waals surface area (Å²) in [5.41, 5.74) is 9.03. The molecule has 2 aliphatic rings. The summed E-state index contributed by atoms with van der Waals surface area (Å²) >= 11 is 0. The van der Waals surface area contributed by atoms with Gasteiger partial charge in [-0.15, -0.1) is 0 Å². The van der Waals surface area contributed by atoms with Gasteiger partial charge >= 0.3 is 0 Å². The van der Waals surface area contributed by atoms with Crippen LogP contribution < -0.4 is 10.6 Å². The third-order valence-corrected chi connectivity index (χ3v) is 9.38. The standard InChI is InChI=1S/C42H28N4O2/c1-2-10-25(11-3-1)39-44-40(46-41(45-39)33-16-9-19-36-37(33)31-13-4-6-17-34(31)47-36)27-20-21-28-26(24-27)12-8-15-29(28)30-22-23-43-42-38(30)32-14-5-7-18-35(32)48-42/h1-22,24,39,43H,23H2,(H,44,45,46). The number of amidine groups is 2. The van der Waals surface area contributed by atoms with E-state index in [0.29, 0.717) is 12.4 Å². The van der Waals surface area contributed by atoms with Crippen LogP contribution in [0.1, 0.15) is 34.0 Å². The molecule has 6 heteroatoms. The highest BCUT2D eigenvalue weighted by Crippen LogP contribution is 2.42. The molecule has 228 valence electrons. The fraction of sp³-hybridized carbons (Fsp3) is 0.0476. The van der Waals surface area contributed by atoms with Crippen molar-refractivity contribution in [1.29, 1.82) is 0 Å². The number of anilines is 1. The van der Waals surface area contributed by atoms with Crippen LogP contribution in [0.2, 0.25) is 0 Å². The maximum absolute atomic E-state index is 6.22. The van der Waals surface area contributed by atoms with Gasteiger partial charge in [0.1, 0.15) is 28.8 Å². The van der Waals surface area contributed by atoms with E-state index >= 15 is 0 Å². The third-order valence-electron chi connectivity index (χ3n) is 9.38. The first-order valence-electron chi connectivity index (χ1n) is 16.2. The molecule has 10 rings (SSSR count). The lowest BCUT2D eigenvalue weighted by Gasteiger charge is -2.24. The summed E-state index contributed by atoms with van der Waals surface area (Å²) in [6, 6.07) is 45.9. The lowest BCUT2D eigenvalue weighted by molar-refractivity contribution is 0.627.